The smallest absolute Gasteiger partial charge is 0.241 e. The first-order valence-corrected chi connectivity index (χ1v) is 8.02. The highest BCUT2D eigenvalue weighted by molar-refractivity contribution is 5.97. The van der Waals surface area contributed by atoms with Gasteiger partial charge in [0.1, 0.15) is 5.75 Å². The molecule has 0 radical (unpaired) electrons. The molecular weight excluding hydrogens is 294 g/mol. The summed E-state index contributed by atoms with van der Waals surface area (Å²) in [6.07, 6.45) is 3.51. The molecule has 1 saturated heterocycles. The first-order valence-electron chi connectivity index (χ1n) is 8.02. The van der Waals surface area contributed by atoms with E-state index in [1.54, 1.807) is 25.3 Å². The fraction of sp³-hybridized carbons (Fsp3) is 0.529. The Bertz CT molecular complexity index is 568. The molecule has 1 aliphatic heterocycles. The van der Waals surface area contributed by atoms with Crippen LogP contribution in [0.25, 0.3) is 0 Å². The number of anilines is 2. The van der Waals surface area contributed by atoms with Crippen LogP contribution in [0.15, 0.2) is 18.2 Å². The highest BCUT2D eigenvalue weighted by Gasteiger charge is 2.23. The highest BCUT2D eigenvalue weighted by Crippen LogP contribution is 2.28. The van der Waals surface area contributed by atoms with E-state index in [4.69, 9.17) is 4.74 Å². The van der Waals surface area contributed by atoms with E-state index in [0.29, 0.717) is 17.1 Å². The molecule has 1 atom stereocenters. The minimum atomic E-state index is -0.190. The van der Waals surface area contributed by atoms with E-state index in [0.717, 1.165) is 25.9 Å². The summed E-state index contributed by atoms with van der Waals surface area (Å²) in [4.78, 5) is 25.9. The summed E-state index contributed by atoms with van der Waals surface area (Å²) in [7, 11) is 1.55. The molecule has 0 spiro atoms. The van der Waals surface area contributed by atoms with Crippen molar-refractivity contribution < 1.29 is 14.3 Å². The number of ether oxygens (including phenoxy) is 1. The average Bonchev–Trinajstić information content (AvgIpc) is 2.54. The van der Waals surface area contributed by atoms with Gasteiger partial charge in [0.05, 0.1) is 18.8 Å². The summed E-state index contributed by atoms with van der Waals surface area (Å²) in [5.74, 6) is 0.345. The molecule has 1 aromatic rings. The van der Waals surface area contributed by atoms with Crippen LogP contribution in [-0.4, -0.2) is 43.0 Å². The number of piperidine rings is 1. The summed E-state index contributed by atoms with van der Waals surface area (Å²) in [5.41, 5.74) is 1.19. The van der Waals surface area contributed by atoms with Crippen LogP contribution in [0, 0.1) is 0 Å². The monoisotopic (exact) mass is 319 g/mol. The van der Waals surface area contributed by atoms with Crippen LogP contribution in [-0.2, 0) is 9.59 Å². The van der Waals surface area contributed by atoms with Crippen molar-refractivity contribution in [1.29, 1.82) is 0 Å². The molecule has 0 aromatic heterocycles. The molecule has 6 heteroatoms. The molecule has 2 amide bonds. The molecule has 1 unspecified atom stereocenters. The third kappa shape index (κ3) is 4.69. The lowest BCUT2D eigenvalue weighted by molar-refractivity contribution is -0.121. The van der Waals surface area contributed by atoms with Crippen molar-refractivity contribution >= 4 is 23.2 Å². The molecule has 126 valence electrons. The molecular formula is C17H25N3O3. The predicted octanol–water partition coefficient (Wildman–Crippen LogP) is 2.47. The van der Waals surface area contributed by atoms with Gasteiger partial charge in [0.2, 0.25) is 11.8 Å². The number of methoxy groups -OCH3 is 1. The SMILES string of the molecule is COc1ccc(NC(C)=O)cc1NC(=O)C(C)N1CCCCC1. The van der Waals surface area contributed by atoms with Gasteiger partial charge in [-0.25, -0.2) is 0 Å². The maximum Gasteiger partial charge on any atom is 0.241 e. The first kappa shape index (κ1) is 17.3. The summed E-state index contributed by atoms with van der Waals surface area (Å²) in [5, 5.41) is 5.62. The van der Waals surface area contributed by atoms with Crippen molar-refractivity contribution in [2.45, 2.75) is 39.2 Å². The van der Waals surface area contributed by atoms with E-state index >= 15 is 0 Å². The number of nitrogens with zero attached hydrogens (tertiary/aromatic N) is 1. The number of rotatable bonds is 5. The van der Waals surface area contributed by atoms with Crippen LogP contribution in [0.5, 0.6) is 5.75 Å². The number of hydrogen-bond acceptors (Lipinski definition) is 4. The van der Waals surface area contributed by atoms with Gasteiger partial charge in [-0.2, -0.15) is 0 Å². The number of hydrogen-bond donors (Lipinski definition) is 2. The van der Waals surface area contributed by atoms with Crippen LogP contribution < -0.4 is 15.4 Å². The van der Waals surface area contributed by atoms with E-state index in [2.05, 4.69) is 15.5 Å². The van der Waals surface area contributed by atoms with Crippen molar-refractivity contribution in [3.8, 4) is 5.75 Å². The van der Waals surface area contributed by atoms with Gasteiger partial charge in [0.15, 0.2) is 0 Å². The number of nitrogens with one attached hydrogen (secondary N) is 2. The van der Waals surface area contributed by atoms with Crippen molar-refractivity contribution in [3.05, 3.63) is 18.2 Å². The normalized spacial score (nSPS) is 16.5. The lowest BCUT2D eigenvalue weighted by Gasteiger charge is -2.31. The highest BCUT2D eigenvalue weighted by atomic mass is 16.5. The molecule has 1 heterocycles. The Hall–Kier alpha value is -2.08. The second-order valence-corrected chi connectivity index (χ2v) is 5.86. The maximum atomic E-state index is 12.5. The lowest BCUT2D eigenvalue weighted by Crippen LogP contribution is -2.44. The third-order valence-electron chi connectivity index (χ3n) is 4.10. The molecule has 6 nitrogen and oxygen atoms in total. The van der Waals surface area contributed by atoms with Gasteiger partial charge in [-0.05, 0) is 51.1 Å². The number of benzene rings is 1. The standard InChI is InChI=1S/C17H25N3O3/c1-12(20-9-5-4-6-10-20)17(22)19-15-11-14(18-13(2)21)7-8-16(15)23-3/h7-8,11-12H,4-6,9-10H2,1-3H3,(H,18,21)(H,19,22). The Labute approximate surface area is 137 Å². The van der Waals surface area contributed by atoms with Gasteiger partial charge in [-0.1, -0.05) is 6.42 Å². The molecule has 1 aromatic carbocycles. The molecule has 0 aliphatic carbocycles. The second kappa shape index (κ2) is 7.97. The summed E-state index contributed by atoms with van der Waals surface area (Å²) < 4.78 is 5.29. The molecule has 0 saturated carbocycles. The third-order valence-corrected chi connectivity index (χ3v) is 4.10. The number of carbonyl (C=O) groups is 2. The van der Waals surface area contributed by atoms with Crippen molar-refractivity contribution in [1.82, 2.24) is 4.90 Å². The van der Waals surface area contributed by atoms with Gasteiger partial charge in [-0.15, -0.1) is 0 Å². The predicted molar refractivity (Wildman–Crippen MR) is 90.8 cm³/mol. The molecule has 1 fully saturated rings. The van der Waals surface area contributed by atoms with E-state index in [-0.39, 0.29) is 17.9 Å². The van der Waals surface area contributed by atoms with Crippen LogP contribution in [0.2, 0.25) is 0 Å². The Morgan fingerprint density at radius 3 is 2.48 bits per heavy atom. The number of amides is 2. The maximum absolute atomic E-state index is 12.5. The molecule has 0 bridgehead atoms. The van der Waals surface area contributed by atoms with Crippen LogP contribution in [0.1, 0.15) is 33.1 Å². The molecule has 2 N–H and O–H groups in total. The van der Waals surface area contributed by atoms with Crippen molar-refractivity contribution in [2.24, 2.45) is 0 Å². The fourth-order valence-electron chi connectivity index (χ4n) is 2.80. The Morgan fingerprint density at radius 2 is 1.87 bits per heavy atom. The largest absolute Gasteiger partial charge is 0.495 e. The minimum Gasteiger partial charge on any atom is -0.495 e. The zero-order valence-corrected chi connectivity index (χ0v) is 14.0. The summed E-state index contributed by atoms with van der Waals surface area (Å²) in [6.45, 7) is 5.28. The summed E-state index contributed by atoms with van der Waals surface area (Å²) >= 11 is 0. The van der Waals surface area contributed by atoms with Gasteiger partial charge in [-0.3, -0.25) is 14.5 Å². The van der Waals surface area contributed by atoms with Gasteiger partial charge in [0, 0.05) is 12.6 Å². The van der Waals surface area contributed by atoms with Crippen molar-refractivity contribution in [3.63, 3.8) is 0 Å². The van der Waals surface area contributed by atoms with Gasteiger partial charge >= 0.3 is 0 Å². The lowest BCUT2D eigenvalue weighted by atomic mass is 10.1. The quantitative estimate of drug-likeness (QED) is 0.874. The van der Waals surface area contributed by atoms with Crippen LogP contribution >= 0.6 is 0 Å². The Kier molecular flexibility index (Phi) is 5.98. The van der Waals surface area contributed by atoms with E-state index in [1.165, 1.54) is 13.3 Å². The number of carbonyl (C=O) groups excluding carboxylic acids is 2. The van der Waals surface area contributed by atoms with Gasteiger partial charge < -0.3 is 15.4 Å². The van der Waals surface area contributed by atoms with E-state index in [9.17, 15) is 9.59 Å². The molecule has 23 heavy (non-hydrogen) atoms. The average molecular weight is 319 g/mol. The first-order chi connectivity index (χ1) is 11.0. The second-order valence-electron chi connectivity index (χ2n) is 5.86. The Morgan fingerprint density at radius 1 is 1.17 bits per heavy atom. The van der Waals surface area contributed by atoms with E-state index < -0.39 is 0 Å². The number of likely N-dealkylation sites (tertiary alicyclic amines) is 1. The molecule has 1 aliphatic rings. The summed E-state index contributed by atoms with van der Waals surface area (Å²) in [6, 6.07) is 4.99. The van der Waals surface area contributed by atoms with E-state index in [1.807, 2.05) is 6.92 Å². The van der Waals surface area contributed by atoms with Crippen LogP contribution in [0.4, 0.5) is 11.4 Å². The zero-order valence-electron chi connectivity index (χ0n) is 14.0. The van der Waals surface area contributed by atoms with Gasteiger partial charge in [0.25, 0.3) is 0 Å². The Balaban J connectivity index is 2.10. The fourth-order valence-corrected chi connectivity index (χ4v) is 2.80. The zero-order chi connectivity index (χ0) is 16.8. The molecule has 2 rings (SSSR count). The van der Waals surface area contributed by atoms with Crippen LogP contribution in [0.3, 0.4) is 0 Å². The topological polar surface area (TPSA) is 70.7 Å². The minimum absolute atomic E-state index is 0.0647. The van der Waals surface area contributed by atoms with Crippen molar-refractivity contribution in [2.75, 3.05) is 30.8 Å².